The minimum Gasteiger partial charge on any atom is -0.303 e. The summed E-state index contributed by atoms with van der Waals surface area (Å²) in [6.07, 6.45) is 1.35. The van der Waals surface area contributed by atoms with Crippen molar-refractivity contribution in [1.82, 2.24) is 0 Å². The molecule has 0 aliphatic heterocycles. The van der Waals surface area contributed by atoms with Crippen molar-refractivity contribution >= 4 is 12.1 Å². The number of rotatable bonds is 4. The second-order valence-corrected chi connectivity index (χ2v) is 5.26. The van der Waals surface area contributed by atoms with Gasteiger partial charge in [0.25, 0.3) is 0 Å². The predicted octanol–water partition coefficient (Wildman–Crippen LogP) is 3.37. The first-order valence-electron chi connectivity index (χ1n) is 5.86. The number of carbonyl (C=O) groups is 2. The molecule has 1 aromatic rings. The minimum absolute atomic E-state index is 0.0696. The van der Waals surface area contributed by atoms with E-state index >= 15 is 0 Å². The standard InChI is InChI=1S/C15H20O2/c1-10-6-7-11(2)14(13(10)12(3)17)15(4,5)8-9-16/h6-7,9H,8H2,1-5H3. The van der Waals surface area contributed by atoms with E-state index in [1.54, 1.807) is 6.92 Å². The van der Waals surface area contributed by atoms with Crippen LogP contribution in [0.25, 0.3) is 0 Å². The smallest absolute Gasteiger partial charge is 0.160 e. The SMILES string of the molecule is CC(=O)c1c(C)ccc(C)c1C(C)(C)CC=O. The zero-order valence-corrected chi connectivity index (χ0v) is 11.3. The van der Waals surface area contributed by atoms with Gasteiger partial charge in [-0.1, -0.05) is 26.0 Å². The summed E-state index contributed by atoms with van der Waals surface area (Å²) in [5, 5.41) is 0. The zero-order valence-electron chi connectivity index (χ0n) is 11.3. The molecular formula is C15H20O2. The Morgan fingerprint density at radius 2 is 1.76 bits per heavy atom. The number of aryl methyl sites for hydroxylation is 2. The molecule has 0 atom stereocenters. The van der Waals surface area contributed by atoms with Crippen LogP contribution in [0, 0.1) is 13.8 Å². The molecule has 2 heteroatoms. The molecule has 0 heterocycles. The average Bonchev–Trinajstić information content (AvgIpc) is 2.20. The number of hydrogen-bond acceptors (Lipinski definition) is 2. The molecule has 92 valence electrons. The molecular weight excluding hydrogens is 212 g/mol. The fraction of sp³-hybridized carbons (Fsp3) is 0.467. The summed E-state index contributed by atoms with van der Waals surface area (Å²) in [4.78, 5) is 22.6. The summed E-state index contributed by atoms with van der Waals surface area (Å²) in [6, 6.07) is 3.98. The summed E-state index contributed by atoms with van der Waals surface area (Å²) in [6.45, 7) is 9.54. The van der Waals surface area contributed by atoms with Gasteiger partial charge in [0.2, 0.25) is 0 Å². The third kappa shape index (κ3) is 2.63. The van der Waals surface area contributed by atoms with E-state index in [-0.39, 0.29) is 11.2 Å². The van der Waals surface area contributed by atoms with Crippen LogP contribution in [-0.2, 0) is 10.2 Å². The summed E-state index contributed by atoms with van der Waals surface area (Å²) in [5.74, 6) is 0.0696. The molecule has 1 rings (SSSR count). The molecule has 0 unspecified atom stereocenters. The van der Waals surface area contributed by atoms with Crippen LogP contribution in [0.3, 0.4) is 0 Å². The van der Waals surface area contributed by atoms with Crippen molar-refractivity contribution in [2.75, 3.05) is 0 Å². The van der Waals surface area contributed by atoms with Gasteiger partial charge in [-0.3, -0.25) is 4.79 Å². The lowest BCUT2D eigenvalue weighted by atomic mass is 9.75. The number of ketones is 1. The van der Waals surface area contributed by atoms with E-state index in [1.165, 1.54) is 0 Å². The van der Waals surface area contributed by atoms with E-state index in [0.29, 0.717) is 6.42 Å². The first kappa shape index (κ1) is 13.6. The highest BCUT2D eigenvalue weighted by Gasteiger charge is 2.27. The Morgan fingerprint density at radius 1 is 1.24 bits per heavy atom. The van der Waals surface area contributed by atoms with Gasteiger partial charge < -0.3 is 4.79 Å². The second-order valence-electron chi connectivity index (χ2n) is 5.26. The summed E-state index contributed by atoms with van der Waals surface area (Å²) < 4.78 is 0. The molecule has 0 saturated heterocycles. The molecule has 0 fully saturated rings. The molecule has 0 amide bonds. The minimum atomic E-state index is -0.293. The molecule has 0 radical (unpaired) electrons. The number of benzene rings is 1. The van der Waals surface area contributed by atoms with Crippen molar-refractivity contribution in [2.24, 2.45) is 0 Å². The van der Waals surface area contributed by atoms with Crippen molar-refractivity contribution in [1.29, 1.82) is 0 Å². The van der Waals surface area contributed by atoms with Crippen LogP contribution in [-0.4, -0.2) is 12.1 Å². The highest BCUT2D eigenvalue weighted by atomic mass is 16.1. The highest BCUT2D eigenvalue weighted by Crippen LogP contribution is 2.33. The van der Waals surface area contributed by atoms with E-state index in [9.17, 15) is 9.59 Å². The maximum absolute atomic E-state index is 11.8. The number of carbonyl (C=O) groups excluding carboxylic acids is 2. The van der Waals surface area contributed by atoms with E-state index in [4.69, 9.17) is 0 Å². The van der Waals surface area contributed by atoms with Crippen LogP contribution >= 0.6 is 0 Å². The number of hydrogen-bond donors (Lipinski definition) is 0. The quantitative estimate of drug-likeness (QED) is 0.589. The molecule has 0 saturated carbocycles. The van der Waals surface area contributed by atoms with Crippen molar-refractivity contribution in [2.45, 2.75) is 46.5 Å². The summed E-state index contributed by atoms with van der Waals surface area (Å²) in [5.41, 5.74) is 3.55. The van der Waals surface area contributed by atoms with Gasteiger partial charge in [0.1, 0.15) is 6.29 Å². The van der Waals surface area contributed by atoms with Gasteiger partial charge in [0.15, 0.2) is 5.78 Å². The van der Waals surface area contributed by atoms with Gasteiger partial charge in [0, 0.05) is 12.0 Å². The third-order valence-electron chi connectivity index (χ3n) is 3.24. The van der Waals surface area contributed by atoms with E-state index in [1.807, 2.05) is 39.8 Å². The highest BCUT2D eigenvalue weighted by molar-refractivity contribution is 5.97. The largest absolute Gasteiger partial charge is 0.303 e. The Morgan fingerprint density at radius 3 is 2.24 bits per heavy atom. The van der Waals surface area contributed by atoms with Crippen molar-refractivity contribution in [3.8, 4) is 0 Å². The number of aldehydes is 1. The Kier molecular flexibility index (Phi) is 3.87. The van der Waals surface area contributed by atoms with E-state index in [2.05, 4.69) is 0 Å². The van der Waals surface area contributed by atoms with Crippen molar-refractivity contribution in [3.63, 3.8) is 0 Å². The lowest BCUT2D eigenvalue weighted by Gasteiger charge is -2.28. The molecule has 0 aliphatic carbocycles. The third-order valence-corrected chi connectivity index (χ3v) is 3.24. The molecule has 0 bridgehead atoms. The lowest BCUT2D eigenvalue weighted by Crippen LogP contribution is -2.23. The fourth-order valence-electron chi connectivity index (χ4n) is 2.45. The van der Waals surface area contributed by atoms with E-state index in [0.717, 1.165) is 28.5 Å². The summed E-state index contributed by atoms with van der Waals surface area (Å²) in [7, 11) is 0. The average molecular weight is 232 g/mol. The Bertz CT molecular complexity index is 456. The Hall–Kier alpha value is -1.44. The zero-order chi connectivity index (χ0) is 13.2. The van der Waals surface area contributed by atoms with Crippen LogP contribution in [0.5, 0.6) is 0 Å². The molecule has 0 aromatic heterocycles. The first-order chi connectivity index (χ1) is 7.81. The van der Waals surface area contributed by atoms with Crippen LogP contribution in [0.1, 0.15) is 54.2 Å². The van der Waals surface area contributed by atoms with Gasteiger partial charge >= 0.3 is 0 Å². The fourth-order valence-corrected chi connectivity index (χ4v) is 2.45. The molecule has 1 aromatic carbocycles. The van der Waals surface area contributed by atoms with Crippen LogP contribution < -0.4 is 0 Å². The maximum atomic E-state index is 11.8. The van der Waals surface area contributed by atoms with E-state index < -0.39 is 0 Å². The monoisotopic (exact) mass is 232 g/mol. The second kappa shape index (κ2) is 4.82. The normalized spacial score (nSPS) is 11.4. The Balaban J connectivity index is 3.55. The van der Waals surface area contributed by atoms with Crippen LogP contribution in [0.4, 0.5) is 0 Å². The van der Waals surface area contributed by atoms with Gasteiger partial charge in [0.05, 0.1) is 0 Å². The molecule has 2 nitrogen and oxygen atoms in total. The number of Topliss-reactive ketones (excluding diaryl/α,β-unsaturated/α-hetero) is 1. The molecule has 0 aliphatic rings. The van der Waals surface area contributed by atoms with Gasteiger partial charge in [-0.15, -0.1) is 0 Å². The maximum Gasteiger partial charge on any atom is 0.160 e. The van der Waals surface area contributed by atoms with Gasteiger partial charge in [-0.25, -0.2) is 0 Å². The van der Waals surface area contributed by atoms with Gasteiger partial charge in [-0.05, 0) is 42.9 Å². The lowest BCUT2D eigenvalue weighted by molar-refractivity contribution is -0.108. The topological polar surface area (TPSA) is 34.1 Å². The molecule has 17 heavy (non-hydrogen) atoms. The summed E-state index contributed by atoms with van der Waals surface area (Å²) >= 11 is 0. The van der Waals surface area contributed by atoms with Crippen LogP contribution in [0.15, 0.2) is 12.1 Å². The predicted molar refractivity (Wildman–Crippen MR) is 69.6 cm³/mol. The molecule has 0 N–H and O–H groups in total. The first-order valence-corrected chi connectivity index (χ1v) is 5.86. The van der Waals surface area contributed by atoms with Gasteiger partial charge in [-0.2, -0.15) is 0 Å². The Labute approximate surface area is 103 Å². The van der Waals surface area contributed by atoms with Crippen LogP contribution in [0.2, 0.25) is 0 Å². The van der Waals surface area contributed by atoms with Crippen molar-refractivity contribution < 1.29 is 9.59 Å². The molecule has 0 spiro atoms. The van der Waals surface area contributed by atoms with Crippen molar-refractivity contribution in [3.05, 3.63) is 34.4 Å².